The van der Waals surface area contributed by atoms with E-state index in [1.807, 2.05) is 12.1 Å². The molecule has 0 radical (unpaired) electrons. The summed E-state index contributed by atoms with van der Waals surface area (Å²) >= 11 is 1.20. The maximum absolute atomic E-state index is 12.6. The van der Waals surface area contributed by atoms with Crippen LogP contribution >= 0.6 is 11.8 Å². The van der Waals surface area contributed by atoms with Crippen molar-refractivity contribution in [1.82, 2.24) is 9.88 Å². The minimum absolute atomic E-state index is 0.199. The Bertz CT molecular complexity index is 932. The Labute approximate surface area is 153 Å². The predicted molar refractivity (Wildman–Crippen MR) is 100 cm³/mol. The number of phenols is 1. The Hall–Kier alpha value is -3.26. The van der Waals surface area contributed by atoms with Crippen LogP contribution in [0.15, 0.2) is 59.1 Å². The van der Waals surface area contributed by atoms with Crippen LogP contribution < -0.4 is 0 Å². The van der Waals surface area contributed by atoms with Crippen molar-refractivity contribution in [3.05, 3.63) is 65.3 Å². The molecule has 1 aliphatic rings. The number of nitrogens with zero attached hydrogens (tertiary/aromatic N) is 2. The molecule has 132 valence electrons. The van der Waals surface area contributed by atoms with Crippen molar-refractivity contribution in [1.29, 1.82) is 0 Å². The molecule has 1 saturated heterocycles. The molecule has 7 nitrogen and oxygen atoms in total. The first-order valence-electron chi connectivity index (χ1n) is 7.60. The van der Waals surface area contributed by atoms with E-state index < -0.39 is 5.97 Å². The summed E-state index contributed by atoms with van der Waals surface area (Å²) in [6, 6.07) is 7.67. The molecule has 1 aromatic heterocycles. The standard InChI is InChI=1S/C18H15N3O4S/c1-2-8-21-16(23)15(10-11-4-3-7-19-11)26-18(21)20-12-5-6-13(17(24)25)14(22)9-12/h2-7,9-10,19,22H,1,8H2,(H,24,25)/b15-10-,20-18?. The van der Waals surface area contributed by atoms with Crippen LogP contribution in [0, 0.1) is 0 Å². The summed E-state index contributed by atoms with van der Waals surface area (Å²) in [5, 5.41) is 19.2. The number of aliphatic imine (C=N–C) groups is 1. The lowest BCUT2D eigenvalue weighted by atomic mass is 10.2. The van der Waals surface area contributed by atoms with E-state index in [0.717, 1.165) is 5.69 Å². The molecular formula is C18H15N3O4S. The lowest BCUT2D eigenvalue weighted by molar-refractivity contribution is -0.121. The van der Waals surface area contributed by atoms with Gasteiger partial charge in [-0.1, -0.05) is 6.08 Å². The van der Waals surface area contributed by atoms with E-state index in [1.165, 1.54) is 34.9 Å². The number of thioether (sulfide) groups is 1. The molecule has 1 aromatic carbocycles. The summed E-state index contributed by atoms with van der Waals surface area (Å²) in [6.45, 7) is 3.94. The highest BCUT2D eigenvalue weighted by atomic mass is 32.2. The van der Waals surface area contributed by atoms with Crippen LogP contribution in [0.1, 0.15) is 16.1 Å². The van der Waals surface area contributed by atoms with Crippen LogP contribution in [0.25, 0.3) is 6.08 Å². The summed E-state index contributed by atoms with van der Waals surface area (Å²) in [4.78, 5) is 32.9. The minimum atomic E-state index is -1.23. The van der Waals surface area contributed by atoms with Crippen LogP contribution in [0.2, 0.25) is 0 Å². The maximum atomic E-state index is 12.6. The van der Waals surface area contributed by atoms with Crippen molar-refractivity contribution < 1.29 is 19.8 Å². The summed E-state index contributed by atoms with van der Waals surface area (Å²) in [5.74, 6) is -1.81. The number of aromatic carboxylic acids is 1. The number of nitrogens with one attached hydrogen (secondary N) is 1. The molecule has 3 N–H and O–H groups in total. The van der Waals surface area contributed by atoms with Crippen LogP contribution in [-0.4, -0.2) is 43.7 Å². The molecule has 0 aliphatic carbocycles. The number of rotatable bonds is 5. The largest absolute Gasteiger partial charge is 0.507 e. The van der Waals surface area contributed by atoms with Gasteiger partial charge in [-0.15, -0.1) is 6.58 Å². The first-order chi connectivity index (χ1) is 12.5. The molecule has 2 aromatic rings. The number of H-pyrrole nitrogens is 1. The van der Waals surface area contributed by atoms with Gasteiger partial charge >= 0.3 is 5.97 Å². The average Bonchev–Trinajstić information content (AvgIpc) is 3.19. The monoisotopic (exact) mass is 369 g/mol. The Morgan fingerprint density at radius 1 is 1.38 bits per heavy atom. The second kappa shape index (κ2) is 7.32. The van der Waals surface area contributed by atoms with E-state index in [1.54, 1.807) is 18.3 Å². The molecule has 2 heterocycles. The molecule has 1 amide bonds. The van der Waals surface area contributed by atoms with Crippen molar-refractivity contribution in [2.24, 2.45) is 4.99 Å². The fraction of sp³-hybridized carbons (Fsp3) is 0.0556. The fourth-order valence-electron chi connectivity index (χ4n) is 2.34. The topological polar surface area (TPSA) is 106 Å². The molecule has 1 fully saturated rings. The van der Waals surface area contributed by atoms with Gasteiger partial charge in [0, 0.05) is 24.5 Å². The summed E-state index contributed by atoms with van der Waals surface area (Å²) in [5.41, 5.74) is 0.932. The molecule has 1 aliphatic heterocycles. The van der Waals surface area contributed by atoms with E-state index in [9.17, 15) is 14.7 Å². The van der Waals surface area contributed by atoms with E-state index in [4.69, 9.17) is 5.11 Å². The van der Waals surface area contributed by atoms with Crippen molar-refractivity contribution in [2.75, 3.05) is 6.54 Å². The lowest BCUT2D eigenvalue weighted by Gasteiger charge is -2.12. The predicted octanol–water partition coefficient (Wildman–Crippen LogP) is 3.21. The number of carbonyl (C=O) groups excluding carboxylic acids is 1. The quantitative estimate of drug-likeness (QED) is 0.554. The highest BCUT2D eigenvalue weighted by Crippen LogP contribution is 2.34. The van der Waals surface area contributed by atoms with Gasteiger partial charge in [0.05, 0.1) is 10.6 Å². The zero-order chi connectivity index (χ0) is 18.7. The number of amidine groups is 1. The minimum Gasteiger partial charge on any atom is -0.507 e. The molecule has 0 spiro atoms. The van der Waals surface area contributed by atoms with Gasteiger partial charge in [0.2, 0.25) is 0 Å². The van der Waals surface area contributed by atoms with Crippen molar-refractivity contribution in [2.45, 2.75) is 0 Å². The fourth-order valence-corrected chi connectivity index (χ4v) is 3.34. The van der Waals surface area contributed by atoms with Gasteiger partial charge in [0.15, 0.2) is 5.17 Å². The van der Waals surface area contributed by atoms with Gasteiger partial charge < -0.3 is 15.2 Å². The second-order valence-corrected chi connectivity index (χ2v) is 6.35. The van der Waals surface area contributed by atoms with Crippen LogP contribution in [0.4, 0.5) is 5.69 Å². The molecule has 0 atom stereocenters. The number of hydrogen-bond acceptors (Lipinski definition) is 5. The molecule has 0 saturated carbocycles. The van der Waals surface area contributed by atoms with Gasteiger partial charge in [-0.3, -0.25) is 9.69 Å². The van der Waals surface area contributed by atoms with Gasteiger partial charge in [-0.2, -0.15) is 0 Å². The van der Waals surface area contributed by atoms with E-state index in [2.05, 4.69) is 16.6 Å². The smallest absolute Gasteiger partial charge is 0.339 e. The number of carboxylic acid groups (broad SMARTS) is 1. The summed E-state index contributed by atoms with van der Waals surface area (Å²) in [6.07, 6.45) is 5.09. The first-order valence-corrected chi connectivity index (χ1v) is 8.42. The highest BCUT2D eigenvalue weighted by molar-refractivity contribution is 8.18. The number of aromatic nitrogens is 1. The van der Waals surface area contributed by atoms with Crippen molar-refractivity contribution >= 4 is 40.6 Å². The van der Waals surface area contributed by atoms with E-state index in [0.29, 0.717) is 15.8 Å². The molecular weight excluding hydrogens is 354 g/mol. The zero-order valence-electron chi connectivity index (χ0n) is 13.5. The molecule has 26 heavy (non-hydrogen) atoms. The average molecular weight is 369 g/mol. The summed E-state index contributed by atoms with van der Waals surface area (Å²) in [7, 11) is 0. The molecule has 8 heteroatoms. The highest BCUT2D eigenvalue weighted by Gasteiger charge is 2.32. The molecule has 0 unspecified atom stereocenters. The van der Waals surface area contributed by atoms with Gasteiger partial charge in [0.25, 0.3) is 5.91 Å². The second-order valence-electron chi connectivity index (χ2n) is 5.34. The normalized spacial score (nSPS) is 17.2. The first kappa shape index (κ1) is 17.6. The SMILES string of the molecule is C=CCN1C(=O)/C(=C/c2ccc[nH]2)SC1=Nc1ccc(C(=O)O)c(O)c1. The number of carbonyl (C=O) groups is 2. The van der Waals surface area contributed by atoms with Crippen LogP contribution in [0.5, 0.6) is 5.75 Å². The third-order valence-electron chi connectivity index (χ3n) is 3.54. The van der Waals surface area contributed by atoms with Crippen LogP contribution in [-0.2, 0) is 4.79 Å². The van der Waals surface area contributed by atoms with Gasteiger partial charge in [-0.05, 0) is 42.1 Å². The molecule has 0 bridgehead atoms. The lowest BCUT2D eigenvalue weighted by Crippen LogP contribution is -2.29. The number of aromatic amines is 1. The summed E-state index contributed by atoms with van der Waals surface area (Å²) < 4.78 is 0. The van der Waals surface area contributed by atoms with Crippen molar-refractivity contribution in [3.8, 4) is 5.75 Å². The number of amides is 1. The van der Waals surface area contributed by atoms with Gasteiger partial charge in [0.1, 0.15) is 11.3 Å². The molecule has 3 rings (SSSR count). The Balaban J connectivity index is 1.95. The van der Waals surface area contributed by atoms with Crippen LogP contribution in [0.3, 0.4) is 0 Å². The zero-order valence-corrected chi connectivity index (χ0v) is 14.4. The van der Waals surface area contributed by atoms with E-state index >= 15 is 0 Å². The maximum Gasteiger partial charge on any atom is 0.339 e. The Morgan fingerprint density at radius 3 is 2.81 bits per heavy atom. The van der Waals surface area contributed by atoms with Gasteiger partial charge in [-0.25, -0.2) is 9.79 Å². The van der Waals surface area contributed by atoms with E-state index in [-0.39, 0.29) is 23.8 Å². The number of aromatic hydroxyl groups is 1. The Kier molecular flexibility index (Phi) is 4.94. The number of benzene rings is 1. The Morgan fingerprint density at radius 2 is 2.19 bits per heavy atom. The van der Waals surface area contributed by atoms with Crippen molar-refractivity contribution in [3.63, 3.8) is 0 Å². The number of hydrogen-bond donors (Lipinski definition) is 3. The third-order valence-corrected chi connectivity index (χ3v) is 4.55. The third kappa shape index (κ3) is 3.55. The number of carboxylic acids is 1.